The summed E-state index contributed by atoms with van der Waals surface area (Å²) in [6.07, 6.45) is -1.84. The minimum absolute atomic E-state index is 0.0573. The number of nitrogens with zero attached hydrogens (tertiary/aromatic N) is 4. The maximum Gasteiger partial charge on any atom is 0.417 e. The monoisotopic (exact) mass is 361 g/mol. The van der Waals surface area contributed by atoms with Crippen molar-refractivity contribution in [3.63, 3.8) is 0 Å². The van der Waals surface area contributed by atoms with Crippen molar-refractivity contribution in [3.8, 4) is 0 Å². The summed E-state index contributed by atoms with van der Waals surface area (Å²) in [5, 5.41) is 7.17. The van der Waals surface area contributed by atoms with Crippen molar-refractivity contribution < 1.29 is 13.2 Å². The SMILES string of the molecule is Cn1nc2n(c1=O)CCC(Nc1ncc(C(F)(F)F)cc1Cl)CC2. The summed E-state index contributed by atoms with van der Waals surface area (Å²) >= 11 is 5.91. The molecule has 0 saturated heterocycles. The molecule has 0 radical (unpaired) electrons. The first-order valence-electron chi connectivity index (χ1n) is 7.37. The number of aromatic nitrogens is 4. The highest BCUT2D eigenvalue weighted by atomic mass is 35.5. The lowest BCUT2D eigenvalue weighted by atomic mass is 10.1. The fraction of sp³-hybridized carbons (Fsp3) is 0.500. The fourth-order valence-electron chi connectivity index (χ4n) is 2.73. The number of alkyl halides is 3. The van der Waals surface area contributed by atoms with Crippen LogP contribution in [0.5, 0.6) is 0 Å². The van der Waals surface area contributed by atoms with E-state index in [-0.39, 0.29) is 22.6 Å². The Bertz CT molecular complexity index is 814. The lowest BCUT2D eigenvalue weighted by Gasteiger charge is -2.18. The van der Waals surface area contributed by atoms with Crippen molar-refractivity contribution in [2.45, 2.75) is 38.0 Å². The first-order valence-corrected chi connectivity index (χ1v) is 7.75. The summed E-state index contributed by atoms with van der Waals surface area (Å²) in [5.74, 6) is 0.917. The van der Waals surface area contributed by atoms with Gasteiger partial charge in [-0.2, -0.15) is 18.3 Å². The third-order valence-electron chi connectivity index (χ3n) is 4.01. The van der Waals surface area contributed by atoms with E-state index in [2.05, 4.69) is 15.4 Å². The minimum atomic E-state index is -4.48. The average molecular weight is 362 g/mol. The van der Waals surface area contributed by atoms with Crippen LogP contribution in [-0.4, -0.2) is 25.4 Å². The molecule has 1 atom stereocenters. The molecule has 0 bridgehead atoms. The van der Waals surface area contributed by atoms with Gasteiger partial charge in [0.15, 0.2) is 0 Å². The highest BCUT2D eigenvalue weighted by Gasteiger charge is 2.32. The van der Waals surface area contributed by atoms with Gasteiger partial charge in [0.25, 0.3) is 0 Å². The number of hydrogen-bond donors (Lipinski definition) is 1. The van der Waals surface area contributed by atoms with Crippen molar-refractivity contribution in [2.75, 3.05) is 5.32 Å². The summed E-state index contributed by atoms with van der Waals surface area (Å²) in [7, 11) is 1.60. The Morgan fingerprint density at radius 3 is 2.79 bits per heavy atom. The summed E-state index contributed by atoms with van der Waals surface area (Å²) < 4.78 is 40.8. The van der Waals surface area contributed by atoms with Gasteiger partial charge in [0, 0.05) is 32.3 Å². The van der Waals surface area contributed by atoms with Crippen LogP contribution in [0.1, 0.15) is 24.2 Å². The second-order valence-electron chi connectivity index (χ2n) is 5.69. The lowest BCUT2D eigenvalue weighted by Crippen LogP contribution is -2.26. The fourth-order valence-corrected chi connectivity index (χ4v) is 2.95. The molecule has 0 aliphatic carbocycles. The molecule has 0 amide bonds. The predicted molar refractivity (Wildman–Crippen MR) is 82.1 cm³/mol. The second-order valence-corrected chi connectivity index (χ2v) is 6.10. The van der Waals surface area contributed by atoms with Crippen molar-refractivity contribution in [2.24, 2.45) is 7.05 Å². The molecule has 1 N–H and O–H groups in total. The zero-order valence-corrected chi connectivity index (χ0v) is 13.5. The van der Waals surface area contributed by atoms with Crippen LogP contribution in [0.15, 0.2) is 17.1 Å². The number of pyridine rings is 1. The van der Waals surface area contributed by atoms with E-state index in [4.69, 9.17) is 11.6 Å². The second kappa shape index (κ2) is 6.12. The lowest BCUT2D eigenvalue weighted by molar-refractivity contribution is -0.137. The molecule has 1 aliphatic heterocycles. The van der Waals surface area contributed by atoms with Gasteiger partial charge in [-0.1, -0.05) is 11.6 Å². The number of rotatable bonds is 2. The molecule has 1 aliphatic rings. The Morgan fingerprint density at radius 1 is 1.38 bits per heavy atom. The van der Waals surface area contributed by atoms with E-state index in [1.807, 2.05) is 0 Å². The van der Waals surface area contributed by atoms with Crippen molar-refractivity contribution in [3.05, 3.63) is 39.2 Å². The van der Waals surface area contributed by atoms with Gasteiger partial charge in [-0.25, -0.2) is 14.5 Å². The Balaban J connectivity index is 1.73. The van der Waals surface area contributed by atoms with E-state index in [9.17, 15) is 18.0 Å². The van der Waals surface area contributed by atoms with Gasteiger partial charge in [0.2, 0.25) is 0 Å². The molecule has 1 unspecified atom stereocenters. The first-order chi connectivity index (χ1) is 11.3. The van der Waals surface area contributed by atoms with Crippen LogP contribution < -0.4 is 11.0 Å². The van der Waals surface area contributed by atoms with Crippen LogP contribution in [0.25, 0.3) is 0 Å². The van der Waals surface area contributed by atoms with Gasteiger partial charge < -0.3 is 5.32 Å². The zero-order chi connectivity index (χ0) is 17.5. The highest BCUT2D eigenvalue weighted by Crippen LogP contribution is 2.32. The van der Waals surface area contributed by atoms with E-state index in [0.29, 0.717) is 31.6 Å². The molecule has 3 heterocycles. The molecular formula is C14H15ClF3N5O. The van der Waals surface area contributed by atoms with Crippen molar-refractivity contribution >= 4 is 17.4 Å². The minimum Gasteiger partial charge on any atom is -0.366 e. The van der Waals surface area contributed by atoms with Gasteiger partial charge >= 0.3 is 11.9 Å². The molecule has 3 rings (SSSR count). The summed E-state index contributed by atoms with van der Waals surface area (Å²) in [6.45, 7) is 0.484. The molecule has 130 valence electrons. The maximum absolute atomic E-state index is 12.6. The third kappa shape index (κ3) is 3.26. The van der Waals surface area contributed by atoms with Gasteiger partial charge in [-0.05, 0) is 18.9 Å². The molecule has 0 saturated carbocycles. The summed E-state index contributed by atoms with van der Waals surface area (Å²) in [4.78, 5) is 15.7. The summed E-state index contributed by atoms with van der Waals surface area (Å²) in [5.41, 5.74) is -1.06. The molecule has 0 fully saturated rings. The molecule has 10 heteroatoms. The Morgan fingerprint density at radius 2 is 2.12 bits per heavy atom. The van der Waals surface area contributed by atoms with Crippen molar-refractivity contribution in [1.29, 1.82) is 0 Å². The molecular weight excluding hydrogens is 347 g/mol. The zero-order valence-electron chi connectivity index (χ0n) is 12.8. The smallest absolute Gasteiger partial charge is 0.366 e. The van der Waals surface area contributed by atoms with E-state index >= 15 is 0 Å². The predicted octanol–water partition coefficient (Wildman–Crippen LogP) is 2.47. The number of halogens is 4. The van der Waals surface area contributed by atoms with Crippen LogP contribution in [-0.2, 0) is 26.2 Å². The van der Waals surface area contributed by atoms with Crippen LogP contribution in [0.4, 0.5) is 19.0 Å². The standard InChI is InChI=1S/C14H15ClF3N5O/c1-22-13(24)23-5-4-9(2-3-11(23)21-22)20-12-10(15)6-8(7-19-12)14(16,17)18/h6-7,9H,2-5H2,1H3,(H,19,20). The molecule has 0 aromatic carbocycles. The number of fused-ring (bicyclic) bond motifs is 1. The normalized spacial score (nSPS) is 18.1. The summed E-state index contributed by atoms with van der Waals surface area (Å²) in [6, 6.07) is 0.798. The van der Waals surface area contributed by atoms with Crippen LogP contribution in [0.2, 0.25) is 5.02 Å². The molecule has 2 aromatic rings. The molecule has 6 nitrogen and oxygen atoms in total. The molecule has 24 heavy (non-hydrogen) atoms. The number of aryl methyl sites for hydroxylation is 2. The topological polar surface area (TPSA) is 64.7 Å². The maximum atomic E-state index is 12.6. The largest absolute Gasteiger partial charge is 0.417 e. The Hall–Kier alpha value is -2.03. The van der Waals surface area contributed by atoms with Gasteiger partial charge in [0.1, 0.15) is 11.6 Å². The van der Waals surface area contributed by atoms with Gasteiger partial charge in [-0.15, -0.1) is 0 Å². The molecule has 0 spiro atoms. The quantitative estimate of drug-likeness (QED) is 0.892. The van der Waals surface area contributed by atoms with Crippen molar-refractivity contribution in [1.82, 2.24) is 19.3 Å². The highest BCUT2D eigenvalue weighted by molar-refractivity contribution is 6.33. The van der Waals surface area contributed by atoms with E-state index < -0.39 is 11.7 Å². The van der Waals surface area contributed by atoms with Crippen LogP contribution in [0.3, 0.4) is 0 Å². The number of hydrogen-bond acceptors (Lipinski definition) is 4. The van der Waals surface area contributed by atoms with Gasteiger partial charge in [-0.3, -0.25) is 4.57 Å². The van der Waals surface area contributed by atoms with E-state index in [0.717, 1.165) is 12.3 Å². The Kier molecular flexibility index (Phi) is 4.29. The van der Waals surface area contributed by atoms with Crippen LogP contribution >= 0.6 is 11.6 Å². The average Bonchev–Trinajstić information content (AvgIpc) is 2.67. The molecule has 2 aromatic heterocycles. The number of nitrogens with one attached hydrogen (secondary N) is 1. The number of anilines is 1. The first kappa shape index (κ1) is 16.8. The van der Waals surface area contributed by atoms with E-state index in [1.54, 1.807) is 11.6 Å². The van der Waals surface area contributed by atoms with Crippen LogP contribution in [0, 0.1) is 0 Å². The van der Waals surface area contributed by atoms with Gasteiger partial charge in [0.05, 0.1) is 10.6 Å². The van der Waals surface area contributed by atoms with E-state index in [1.165, 1.54) is 4.68 Å². The third-order valence-corrected chi connectivity index (χ3v) is 4.30. The Labute approximate surface area is 140 Å².